The molecule has 0 unspecified atom stereocenters. The molecule has 0 N–H and O–H groups in total. The summed E-state index contributed by atoms with van der Waals surface area (Å²) < 4.78 is 6.31. The Morgan fingerprint density at radius 3 is 1.83 bits per heavy atom. The van der Waals surface area contributed by atoms with Gasteiger partial charge in [-0.15, -0.1) is 0 Å². The smallest absolute Gasteiger partial charge is 0.242 e. The Balaban J connectivity index is 3.50. The summed E-state index contributed by atoms with van der Waals surface area (Å²) in [6, 6.07) is 2.22. The zero-order chi connectivity index (χ0) is 14.3. The van der Waals surface area contributed by atoms with E-state index >= 15 is 0 Å². The van der Waals surface area contributed by atoms with Crippen LogP contribution in [-0.2, 0) is 5.41 Å². The molecule has 102 valence electrons. The van der Waals surface area contributed by atoms with E-state index in [4.69, 9.17) is 4.43 Å². The van der Waals surface area contributed by atoms with Gasteiger partial charge in [-0.25, -0.2) is 0 Å². The van der Waals surface area contributed by atoms with Gasteiger partial charge in [-0.1, -0.05) is 20.8 Å². The van der Waals surface area contributed by atoms with Crippen LogP contribution in [0, 0.1) is 20.8 Å². The number of rotatable bonds is 2. The van der Waals surface area contributed by atoms with E-state index in [9.17, 15) is 0 Å². The molecule has 0 saturated heterocycles. The molecular formula is C16H28OSi. The molecule has 0 aliphatic carbocycles. The second-order valence-corrected chi connectivity index (χ2v) is 11.7. The summed E-state index contributed by atoms with van der Waals surface area (Å²) >= 11 is 0. The molecule has 0 aliphatic heterocycles. The SMILES string of the molecule is Cc1cc(O[Si](C)(C)C)c(C(C)(C)C)c(C)c1C. The first-order chi connectivity index (χ1) is 7.93. The van der Waals surface area contributed by atoms with Crippen LogP contribution in [0.1, 0.15) is 43.0 Å². The molecular weight excluding hydrogens is 236 g/mol. The van der Waals surface area contributed by atoms with Gasteiger partial charge >= 0.3 is 0 Å². The van der Waals surface area contributed by atoms with Crippen molar-refractivity contribution in [3.8, 4) is 5.75 Å². The van der Waals surface area contributed by atoms with Gasteiger partial charge in [0.2, 0.25) is 8.32 Å². The van der Waals surface area contributed by atoms with Crippen LogP contribution in [-0.4, -0.2) is 8.32 Å². The van der Waals surface area contributed by atoms with Gasteiger partial charge in [-0.3, -0.25) is 0 Å². The van der Waals surface area contributed by atoms with Crippen molar-refractivity contribution in [2.45, 2.75) is 66.6 Å². The van der Waals surface area contributed by atoms with Crippen molar-refractivity contribution >= 4 is 8.32 Å². The lowest BCUT2D eigenvalue weighted by atomic mass is 9.81. The third-order valence-corrected chi connectivity index (χ3v) is 4.12. The second kappa shape index (κ2) is 4.73. The van der Waals surface area contributed by atoms with E-state index in [1.54, 1.807) is 0 Å². The third kappa shape index (κ3) is 3.38. The topological polar surface area (TPSA) is 9.23 Å². The molecule has 0 aliphatic rings. The summed E-state index contributed by atoms with van der Waals surface area (Å²) in [6.45, 7) is 20.1. The zero-order valence-corrected chi connectivity index (χ0v) is 14.5. The average molecular weight is 264 g/mol. The summed E-state index contributed by atoms with van der Waals surface area (Å²) in [5.41, 5.74) is 5.60. The number of hydrogen-bond donors (Lipinski definition) is 0. The highest BCUT2D eigenvalue weighted by atomic mass is 28.4. The highest BCUT2D eigenvalue weighted by Gasteiger charge is 2.26. The van der Waals surface area contributed by atoms with Gasteiger partial charge in [0.05, 0.1) is 0 Å². The van der Waals surface area contributed by atoms with E-state index in [-0.39, 0.29) is 5.41 Å². The molecule has 18 heavy (non-hydrogen) atoms. The van der Waals surface area contributed by atoms with Crippen LogP contribution in [0.25, 0.3) is 0 Å². The van der Waals surface area contributed by atoms with Gasteiger partial charge in [0.25, 0.3) is 0 Å². The minimum absolute atomic E-state index is 0.123. The van der Waals surface area contributed by atoms with Crippen molar-refractivity contribution in [2.24, 2.45) is 0 Å². The second-order valence-electron chi connectivity index (χ2n) is 7.28. The van der Waals surface area contributed by atoms with Gasteiger partial charge < -0.3 is 4.43 Å². The van der Waals surface area contributed by atoms with Gasteiger partial charge in [0, 0.05) is 5.56 Å². The van der Waals surface area contributed by atoms with Crippen LogP contribution in [0.2, 0.25) is 19.6 Å². The van der Waals surface area contributed by atoms with Crippen LogP contribution in [0.5, 0.6) is 5.75 Å². The summed E-state index contributed by atoms with van der Waals surface area (Å²) in [7, 11) is -1.57. The van der Waals surface area contributed by atoms with Crippen molar-refractivity contribution in [3.05, 3.63) is 28.3 Å². The normalized spacial score (nSPS) is 12.7. The number of hydrogen-bond acceptors (Lipinski definition) is 1. The Hall–Kier alpha value is -0.763. The van der Waals surface area contributed by atoms with Gasteiger partial charge in [-0.05, 0) is 68.6 Å². The molecule has 0 radical (unpaired) electrons. The first-order valence-corrected chi connectivity index (χ1v) is 10.1. The van der Waals surface area contributed by atoms with Crippen LogP contribution < -0.4 is 4.43 Å². The molecule has 0 spiro atoms. The predicted octanol–water partition coefficient (Wildman–Crippen LogP) is 5.12. The van der Waals surface area contributed by atoms with Crippen LogP contribution >= 0.6 is 0 Å². The molecule has 0 aromatic heterocycles. The highest BCUT2D eigenvalue weighted by molar-refractivity contribution is 6.70. The summed E-state index contributed by atoms with van der Waals surface area (Å²) in [6.07, 6.45) is 0. The standard InChI is InChI=1S/C16H28OSi/c1-11-10-14(17-18(7,8)9)15(16(4,5)6)13(3)12(11)2/h10H,1-9H3. The fourth-order valence-electron chi connectivity index (χ4n) is 2.39. The minimum atomic E-state index is -1.57. The van der Waals surface area contributed by atoms with Crippen molar-refractivity contribution in [2.75, 3.05) is 0 Å². The molecule has 0 heterocycles. The minimum Gasteiger partial charge on any atom is -0.544 e. The Bertz CT molecular complexity index is 448. The summed E-state index contributed by atoms with van der Waals surface area (Å²) in [5, 5.41) is 0. The molecule has 0 bridgehead atoms. The van der Waals surface area contributed by atoms with E-state index in [1.807, 2.05) is 0 Å². The predicted molar refractivity (Wildman–Crippen MR) is 83.3 cm³/mol. The van der Waals surface area contributed by atoms with Crippen LogP contribution in [0.15, 0.2) is 6.07 Å². The molecule has 2 heteroatoms. The molecule has 0 fully saturated rings. The highest BCUT2D eigenvalue weighted by Crippen LogP contribution is 2.38. The summed E-state index contributed by atoms with van der Waals surface area (Å²) in [5.74, 6) is 1.10. The van der Waals surface area contributed by atoms with Crippen molar-refractivity contribution < 1.29 is 4.43 Å². The summed E-state index contributed by atoms with van der Waals surface area (Å²) in [4.78, 5) is 0. The van der Waals surface area contributed by atoms with Gasteiger partial charge in [0.15, 0.2) is 0 Å². The molecule has 1 nitrogen and oxygen atoms in total. The lowest BCUT2D eigenvalue weighted by Crippen LogP contribution is -2.31. The average Bonchev–Trinajstić information content (AvgIpc) is 2.09. The number of aryl methyl sites for hydroxylation is 1. The lowest BCUT2D eigenvalue weighted by Gasteiger charge is -2.30. The van der Waals surface area contributed by atoms with Crippen molar-refractivity contribution in [1.29, 1.82) is 0 Å². The van der Waals surface area contributed by atoms with E-state index in [1.165, 1.54) is 22.3 Å². The van der Waals surface area contributed by atoms with E-state index < -0.39 is 8.32 Å². The molecule has 1 rings (SSSR count). The van der Waals surface area contributed by atoms with Crippen LogP contribution in [0.3, 0.4) is 0 Å². The largest absolute Gasteiger partial charge is 0.544 e. The Morgan fingerprint density at radius 2 is 1.44 bits per heavy atom. The van der Waals surface area contributed by atoms with E-state index in [2.05, 4.69) is 67.2 Å². The quantitative estimate of drug-likeness (QED) is 0.673. The molecule has 0 amide bonds. The Morgan fingerprint density at radius 1 is 0.944 bits per heavy atom. The van der Waals surface area contributed by atoms with E-state index in [0.29, 0.717) is 0 Å². The molecule has 0 atom stereocenters. The first kappa shape index (κ1) is 15.3. The van der Waals surface area contributed by atoms with Crippen LogP contribution in [0.4, 0.5) is 0 Å². The Kier molecular flexibility index (Phi) is 4.02. The molecule has 1 aromatic carbocycles. The molecule has 1 aromatic rings. The monoisotopic (exact) mass is 264 g/mol. The fraction of sp³-hybridized carbons (Fsp3) is 0.625. The maximum Gasteiger partial charge on any atom is 0.242 e. The maximum atomic E-state index is 6.31. The maximum absolute atomic E-state index is 6.31. The Labute approximate surface area is 114 Å². The van der Waals surface area contributed by atoms with Gasteiger partial charge in [-0.2, -0.15) is 0 Å². The van der Waals surface area contributed by atoms with Crippen molar-refractivity contribution in [3.63, 3.8) is 0 Å². The lowest BCUT2D eigenvalue weighted by molar-refractivity contribution is 0.504. The molecule has 0 saturated carbocycles. The van der Waals surface area contributed by atoms with Crippen molar-refractivity contribution in [1.82, 2.24) is 0 Å². The fourth-order valence-corrected chi connectivity index (χ4v) is 3.21. The zero-order valence-electron chi connectivity index (χ0n) is 13.5. The first-order valence-electron chi connectivity index (χ1n) is 6.74. The van der Waals surface area contributed by atoms with E-state index in [0.717, 1.165) is 5.75 Å². The van der Waals surface area contributed by atoms with Gasteiger partial charge in [0.1, 0.15) is 5.75 Å². The number of benzene rings is 1. The third-order valence-electron chi connectivity index (χ3n) is 3.29.